The van der Waals surface area contributed by atoms with Gasteiger partial charge in [-0.25, -0.2) is 4.39 Å². The van der Waals surface area contributed by atoms with Crippen LogP contribution in [0.2, 0.25) is 0 Å². The van der Waals surface area contributed by atoms with Gasteiger partial charge in [0.1, 0.15) is 5.82 Å². The molecule has 0 saturated heterocycles. The maximum Gasteiger partial charge on any atom is 0.123 e. The lowest BCUT2D eigenvalue weighted by Gasteiger charge is -2.31. The molecule has 63 heavy (non-hydrogen) atoms. The molecule has 13 rings (SSSR count). The topological polar surface area (TPSA) is 8.17 Å². The van der Waals surface area contributed by atoms with Crippen molar-refractivity contribution in [3.05, 3.63) is 239 Å². The van der Waals surface area contributed by atoms with Crippen LogP contribution in [0.25, 0.3) is 60.9 Å². The third-order valence-electron chi connectivity index (χ3n) is 14.7. The Balaban J connectivity index is 0.963. The zero-order valence-corrected chi connectivity index (χ0v) is 35.2. The molecular weight excluding hydrogens is 768 g/mol. The highest BCUT2D eigenvalue weighted by molar-refractivity contribution is 6.10. The third kappa shape index (κ3) is 5.23. The number of hydrogen-bond donors (Lipinski definition) is 0. The molecule has 0 amide bonds. The van der Waals surface area contributed by atoms with E-state index in [1.54, 1.807) is 0 Å². The molecule has 0 atom stereocenters. The van der Waals surface area contributed by atoms with E-state index in [0.29, 0.717) is 0 Å². The van der Waals surface area contributed by atoms with E-state index in [2.05, 4.69) is 199 Å². The van der Waals surface area contributed by atoms with Gasteiger partial charge in [-0.3, -0.25) is 0 Å². The summed E-state index contributed by atoms with van der Waals surface area (Å²) < 4.78 is 16.4. The van der Waals surface area contributed by atoms with Gasteiger partial charge in [-0.15, -0.1) is 0 Å². The Hall–Kier alpha value is -7.49. The van der Waals surface area contributed by atoms with Crippen molar-refractivity contribution >= 4 is 38.9 Å². The smallest absolute Gasteiger partial charge is 0.123 e. The Labute approximate surface area is 367 Å². The average molecular weight is 811 g/mol. The van der Waals surface area contributed by atoms with Crippen LogP contribution in [-0.2, 0) is 23.7 Å². The van der Waals surface area contributed by atoms with Gasteiger partial charge in [0, 0.05) is 44.4 Å². The molecule has 10 aromatic rings. The molecule has 1 spiro atoms. The van der Waals surface area contributed by atoms with Crippen LogP contribution in [0.5, 0.6) is 0 Å². The lowest BCUT2D eigenvalue weighted by atomic mass is 9.75. The van der Waals surface area contributed by atoms with Crippen molar-refractivity contribution in [2.24, 2.45) is 0 Å². The summed E-state index contributed by atoms with van der Waals surface area (Å²) in [5.41, 5.74) is 22.4. The van der Waals surface area contributed by atoms with E-state index in [-0.39, 0.29) is 16.6 Å². The summed E-state index contributed by atoms with van der Waals surface area (Å²) in [7, 11) is 0. The zero-order chi connectivity index (χ0) is 42.0. The van der Waals surface area contributed by atoms with E-state index >= 15 is 0 Å². The summed E-state index contributed by atoms with van der Waals surface area (Å²) >= 11 is 0. The van der Waals surface area contributed by atoms with Gasteiger partial charge in [-0.1, -0.05) is 141 Å². The van der Waals surface area contributed by atoms with Crippen LogP contribution in [0.4, 0.5) is 21.5 Å². The van der Waals surface area contributed by atoms with Crippen LogP contribution >= 0.6 is 0 Å². The molecular formula is C60H43FN2. The van der Waals surface area contributed by atoms with Crippen LogP contribution in [-0.4, -0.2) is 4.57 Å². The van der Waals surface area contributed by atoms with E-state index in [0.717, 1.165) is 57.8 Å². The molecule has 0 radical (unpaired) electrons. The largest absolute Gasteiger partial charge is 0.310 e. The number of hydrogen-bond acceptors (Lipinski definition) is 1. The highest BCUT2D eigenvalue weighted by Crippen LogP contribution is 2.57. The minimum absolute atomic E-state index is 0.113. The first kappa shape index (κ1) is 36.2. The second-order valence-corrected chi connectivity index (χ2v) is 18.3. The first-order valence-corrected chi connectivity index (χ1v) is 22.1. The fourth-order valence-corrected chi connectivity index (χ4v) is 11.7. The molecule has 9 aromatic carbocycles. The molecule has 3 aliphatic rings. The van der Waals surface area contributed by atoms with Gasteiger partial charge < -0.3 is 9.47 Å². The van der Waals surface area contributed by atoms with E-state index in [1.165, 1.54) is 78.5 Å². The van der Waals surface area contributed by atoms with Crippen LogP contribution in [0.3, 0.4) is 0 Å². The molecule has 1 aromatic heterocycles. The maximum atomic E-state index is 14.1. The Morgan fingerprint density at radius 1 is 0.429 bits per heavy atom. The number of aromatic nitrogens is 1. The fourth-order valence-electron chi connectivity index (χ4n) is 11.7. The quantitative estimate of drug-likeness (QED) is 0.168. The van der Waals surface area contributed by atoms with Gasteiger partial charge >= 0.3 is 0 Å². The number of anilines is 3. The Kier molecular flexibility index (Phi) is 7.61. The monoisotopic (exact) mass is 810 g/mol. The molecule has 3 heteroatoms. The summed E-state index contributed by atoms with van der Waals surface area (Å²) in [5.74, 6) is -0.239. The second-order valence-electron chi connectivity index (χ2n) is 18.3. The number of benzene rings is 9. The molecule has 0 aliphatic heterocycles. The van der Waals surface area contributed by atoms with Gasteiger partial charge in [0.25, 0.3) is 0 Å². The highest BCUT2D eigenvalue weighted by Gasteiger charge is 2.47. The molecule has 3 aliphatic carbocycles. The number of rotatable bonds is 5. The van der Waals surface area contributed by atoms with E-state index < -0.39 is 0 Å². The summed E-state index contributed by atoms with van der Waals surface area (Å²) in [5, 5.41) is 2.35. The van der Waals surface area contributed by atoms with E-state index in [1.807, 2.05) is 12.1 Å². The van der Waals surface area contributed by atoms with Crippen molar-refractivity contribution in [2.75, 3.05) is 4.90 Å². The molecule has 0 unspecified atom stereocenters. The van der Waals surface area contributed by atoms with Crippen molar-refractivity contribution in [2.45, 2.75) is 37.5 Å². The SMILES string of the molecule is CC1(C)c2ccccc2-c2ccc(N(c3ccc(-c4ccc5c6ccccc6n(-c6ccc(F)cc6)c5c4)cc3)c3ccc4c(c3)C3(Cc5ccccc5C3)c3ccccc3-4)cc21. The van der Waals surface area contributed by atoms with Crippen molar-refractivity contribution < 1.29 is 4.39 Å². The van der Waals surface area contributed by atoms with Gasteiger partial charge in [0.05, 0.1) is 11.0 Å². The first-order chi connectivity index (χ1) is 30.9. The van der Waals surface area contributed by atoms with Crippen molar-refractivity contribution in [3.63, 3.8) is 0 Å². The van der Waals surface area contributed by atoms with Crippen LogP contribution in [0, 0.1) is 5.82 Å². The van der Waals surface area contributed by atoms with Gasteiger partial charge in [-0.2, -0.15) is 0 Å². The van der Waals surface area contributed by atoms with Gasteiger partial charge in [0.15, 0.2) is 0 Å². The molecule has 0 N–H and O–H groups in total. The Morgan fingerprint density at radius 2 is 0.968 bits per heavy atom. The molecule has 1 heterocycles. The Morgan fingerprint density at radius 3 is 1.70 bits per heavy atom. The average Bonchev–Trinajstić information content (AvgIpc) is 4.02. The van der Waals surface area contributed by atoms with Crippen LogP contribution < -0.4 is 4.90 Å². The molecule has 0 bridgehead atoms. The molecule has 300 valence electrons. The highest BCUT2D eigenvalue weighted by atomic mass is 19.1. The zero-order valence-electron chi connectivity index (χ0n) is 35.2. The first-order valence-electron chi connectivity index (χ1n) is 22.1. The van der Waals surface area contributed by atoms with Crippen LogP contribution in [0.15, 0.2) is 200 Å². The predicted molar refractivity (Wildman–Crippen MR) is 258 cm³/mol. The summed E-state index contributed by atoms with van der Waals surface area (Å²) in [6.45, 7) is 4.72. The fraction of sp³-hybridized carbons (Fsp3) is 0.100. The molecule has 2 nitrogen and oxygen atoms in total. The summed E-state index contributed by atoms with van der Waals surface area (Å²) in [6, 6.07) is 72.4. The minimum atomic E-state index is -0.239. The Bertz CT molecular complexity index is 3470. The van der Waals surface area contributed by atoms with Gasteiger partial charge in [0.2, 0.25) is 0 Å². The van der Waals surface area contributed by atoms with E-state index in [4.69, 9.17) is 0 Å². The maximum absolute atomic E-state index is 14.1. The number of nitrogens with zero attached hydrogens (tertiary/aromatic N) is 2. The second kappa shape index (κ2) is 13.3. The third-order valence-corrected chi connectivity index (χ3v) is 14.7. The number of para-hydroxylation sites is 1. The van der Waals surface area contributed by atoms with Gasteiger partial charge in [-0.05, 0) is 152 Å². The lowest BCUT2D eigenvalue weighted by Crippen LogP contribution is -2.26. The number of halogens is 1. The molecule has 0 saturated carbocycles. The van der Waals surface area contributed by atoms with Crippen molar-refractivity contribution in [3.8, 4) is 39.1 Å². The normalized spacial score (nSPS) is 14.7. The van der Waals surface area contributed by atoms with E-state index in [9.17, 15) is 4.39 Å². The minimum Gasteiger partial charge on any atom is -0.310 e. The van der Waals surface area contributed by atoms with Crippen molar-refractivity contribution in [1.82, 2.24) is 4.57 Å². The lowest BCUT2D eigenvalue weighted by molar-refractivity contribution is 0.563. The summed E-state index contributed by atoms with van der Waals surface area (Å²) in [4.78, 5) is 2.47. The molecule has 0 fully saturated rings. The van der Waals surface area contributed by atoms with Crippen molar-refractivity contribution in [1.29, 1.82) is 0 Å². The van der Waals surface area contributed by atoms with Crippen LogP contribution in [0.1, 0.15) is 47.2 Å². The number of fused-ring (bicyclic) bond motifs is 12. The standard InChI is InChI=1S/C60H43FN2/c1-59(2)53-16-8-5-13-47(53)49-31-28-45(34-55(49)59)62(46-29-32-50-48-14-6-9-17-54(48)60(56(50)35-46)36-40-11-3-4-12-41(40)37-60)43-24-19-38(20-25-43)39-21-30-52-51-15-7-10-18-57(51)63(58(52)33-39)44-26-22-42(61)23-27-44/h3-35H,36-37H2,1-2H3. The predicted octanol–water partition coefficient (Wildman–Crippen LogP) is 15.4. The summed E-state index contributed by atoms with van der Waals surface area (Å²) in [6.07, 6.45) is 2.00.